The smallest absolute Gasteiger partial charge is 0.223 e. The van der Waals surface area contributed by atoms with E-state index in [1.54, 1.807) is 0 Å². The topological polar surface area (TPSA) is 41.6 Å². The van der Waals surface area contributed by atoms with Crippen LogP contribution in [-0.2, 0) is 11.2 Å². The van der Waals surface area contributed by atoms with Gasteiger partial charge < -0.3 is 15.0 Å². The van der Waals surface area contributed by atoms with E-state index in [1.807, 2.05) is 0 Å². The summed E-state index contributed by atoms with van der Waals surface area (Å²) in [6.45, 7) is 5.71. The monoisotopic (exact) mass is 332 g/mol. The average Bonchev–Trinajstić information content (AvgIpc) is 3.02. The van der Waals surface area contributed by atoms with E-state index in [4.69, 9.17) is 4.74 Å². The van der Waals surface area contributed by atoms with Crippen LogP contribution in [0.5, 0.6) is 5.75 Å². The van der Waals surface area contributed by atoms with Crippen molar-refractivity contribution in [3.05, 3.63) is 29.3 Å². The van der Waals surface area contributed by atoms with Crippen LogP contribution in [0.3, 0.4) is 0 Å². The molecule has 0 spiro atoms. The van der Waals surface area contributed by atoms with Gasteiger partial charge in [0.05, 0.1) is 12.6 Å². The van der Waals surface area contributed by atoms with Crippen LogP contribution >= 0.6 is 0 Å². The van der Waals surface area contributed by atoms with Gasteiger partial charge in [0.15, 0.2) is 0 Å². The van der Waals surface area contributed by atoms with Gasteiger partial charge in [-0.1, -0.05) is 38.8 Å². The molecule has 1 aromatic carbocycles. The highest BCUT2D eigenvalue weighted by atomic mass is 16.5. The molecule has 0 radical (unpaired) electrons. The molecule has 0 bridgehead atoms. The molecule has 0 aromatic heterocycles. The number of ether oxygens (including phenoxy) is 1. The summed E-state index contributed by atoms with van der Waals surface area (Å²) in [5, 5.41) is 3.19. The van der Waals surface area contributed by atoms with E-state index in [9.17, 15) is 4.79 Å². The number of nitrogens with one attached hydrogen (secondary N) is 1. The summed E-state index contributed by atoms with van der Waals surface area (Å²) in [7, 11) is 4.13. The quantitative estimate of drug-likeness (QED) is 0.752. The Morgan fingerprint density at radius 2 is 1.96 bits per heavy atom. The van der Waals surface area contributed by atoms with Gasteiger partial charge in [0.25, 0.3) is 0 Å². The lowest BCUT2D eigenvalue weighted by molar-refractivity contribution is -0.125. The average molecular weight is 332 g/mol. The number of fused-ring (bicyclic) bond motifs is 1. The van der Waals surface area contributed by atoms with E-state index >= 15 is 0 Å². The maximum atomic E-state index is 12.5. The standard InChI is InChI=1S/C20H32N2O2/c1-5-7-15(8-6-2)20(23)21-14-18(22(3)4)16-9-10-19-17(13-16)11-12-24-19/h9-10,13,15,18H,5-8,11-12,14H2,1-4H3,(H,21,23). The lowest BCUT2D eigenvalue weighted by atomic mass is 9.97. The van der Waals surface area contributed by atoms with Gasteiger partial charge in [-0.25, -0.2) is 0 Å². The van der Waals surface area contributed by atoms with Gasteiger partial charge in [-0.05, 0) is 44.1 Å². The molecule has 1 N–H and O–H groups in total. The second-order valence-electron chi connectivity index (χ2n) is 6.96. The fraction of sp³-hybridized carbons (Fsp3) is 0.650. The summed E-state index contributed by atoms with van der Waals surface area (Å²) >= 11 is 0. The Morgan fingerprint density at radius 3 is 2.58 bits per heavy atom. The first-order valence-electron chi connectivity index (χ1n) is 9.26. The van der Waals surface area contributed by atoms with Crippen LogP contribution in [0.25, 0.3) is 0 Å². The molecule has 134 valence electrons. The first-order chi connectivity index (χ1) is 11.6. The molecule has 1 aliphatic heterocycles. The number of amides is 1. The third-order valence-corrected chi connectivity index (χ3v) is 4.84. The molecule has 0 saturated carbocycles. The number of carbonyl (C=O) groups excluding carboxylic acids is 1. The van der Waals surface area contributed by atoms with Crippen molar-refractivity contribution in [1.29, 1.82) is 0 Å². The highest BCUT2D eigenvalue weighted by Gasteiger charge is 2.21. The van der Waals surface area contributed by atoms with Crippen LogP contribution < -0.4 is 10.1 Å². The lowest BCUT2D eigenvalue weighted by Gasteiger charge is -2.26. The summed E-state index contributed by atoms with van der Waals surface area (Å²) in [4.78, 5) is 14.7. The Bertz CT molecular complexity index is 536. The van der Waals surface area contributed by atoms with Crippen molar-refractivity contribution >= 4 is 5.91 Å². The maximum Gasteiger partial charge on any atom is 0.223 e. The molecule has 4 nitrogen and oxygen atoms in total. The largest absolute Gasteiger partial charge is 0.493 e. The van der Waals surface area contributed by atoms with Gasteiger partial charge in [0, 0.05) is 18.9 Å². The maximum absolute atomic E-state index is 12.5. The molecule has 1 unspecified atom stereocenters. The summed E-state index contributed by atoms with van der Waals surface area (Å²) in [6, 6.07) is 6.60. The number of hydrogen-bond acceptors (Lipinski definition) is 3. The molecule has 1 atom stereocenters. The highest BCUT2D eigenvalue weighted by Crippen LogP contribution is 2.29. The van der Waals surface area contributed by atoms with Gasteiger partial charge >= 0.3 is 0 Å². The third-order valence-electron chi connectivity index (χ3n) is 4.84. The molecular formula is C20H32N2O2. The van der Waals surface area contributed by atoms with Crippen molar-refractivity contribution < 1.29 is 9.53 Å². The molecule has 0 fully saturated rings. The van der Waals surface area contributed by atoms with Crippen molar-refractivity contribution in [2.45, 2.75) is 52.0 Å². The number of nitrogens with zero attached hydrogens (tertiary/aromatic N) is 1. The number of hydrogen-bond donors (Lipinski definition) is 1. The van der Waals surface area contributed by atoms with Crippen LogP contribution in [0, 0.1) is 5.92 Å². The minimum Gasteiger partial charge on any atom is -0.493 e. The summed E-state index contributed by atoms with van der Waals surface area (Å²) in [5.74, 6) is 1.36. The molecule has 24 heavy (non-hydrogen) atoms. The zero-order chi connectivity index (χ0) is 17.5. The van der Waals surface area contributed by atoms with E-state index in [-0.39, 0.29) is 17.9 Å². The molecular weight excluding hydrogens is 300 g/mol. The van der Waals surface area contributed by atoms with Crippen LogP contribution in [-0.4, -0.2) is 38.1 Å². The Kier molecular flexibility index (Phi) is 7.10. The molecule has 4 heteroatoms. The fourth-order valence-corrected chi connectivity index (χ4v) is 3.46. The summed E-state index contributed by atoms with van der Waals surface area (Å²) < 4.78 is 5.59. The van der Waals surface area contributed by atoms with Crippen LogP contribution in [0.2, 0.25) is 0 Å². The van der Waals surface area contributed by atoms with Gasteiger partial charge in [0.2, 0.25) is 5.91 Å². The Labute approximate surface area is 146 Å². The van der Waals surface area contributed by atoms with Crippen LogP contribution in [0.1, 0.15) is 56.7 Å². The van der Waals surface area contributed by atoms with E-state index < -0.39 is 0 Å². The highest BCUT2D eigenvalue weighted by molar-refractivity contribution is 5.78. The van der Waals surface area contributed by atoms with E-state index in [2.05, 4.69) is 56.4 Å². The first-order valence-corrected chi connectivity index (χ1v) is 9.26. The first kappa shape index (κ1) is 18.8. The van der Waals surface area contributed by atoms with Crippen molar-refractivity contribution in [2.24, 2.45) is 5.92 Å². The number of rotatable bonds is 9. The Hall–Kier alpha value is -1.55. The number of carbonyl (C=O) groups is 1. The second-order valence-corrected chi connectivity index (χ2v) is 6.96. The van der Waals surface area contributed by atoms with Crippen LogP contribution in [0.15, 0.2) is 18.2 Å². The van der Waals surface area contributed by atoms with E-state index in [0.29, 0.717) is 6.54 Å². The third kappa shape index (κ3) is 4.73. The second kappa shape index (κ2) is 9.07. The molecule has 1 aromatic rings. The van der Waals surface area contributed by atoms with E-state index in [0.717, 1.165) is 44.5 Å². The van der Waals surface area contributed by atoms with Gasteiger partial charge in [-0.15, -0.1) is 0 Å². The minimum absolute atomic E-state index is 0.149. The molecule has 1 aliphatic rings. The molecule has 1 heterocycles. The van der Waals surface area contributed by atoms with Crippen molar-refractivity contribution in [3.63, 3.8) is 0 Å². The minimum atomic E-state index is 0.149. The summed E-state index contributed by atoms with van der Waals surface area (Å²) in [5.41, 5.74) is 2.52. The fourth-order valence-electron chi connectivity index (χ4n) is 3.46. The predicted octanol–water partition coefficient (Wildman–Crippen LogP) is 3.56. The zero-order valence-electron chi connectivity index (χ0n) is 15.6. The van der Waals surface area contributed by atoms with Crippen molar-refractivity contribution in [2.75, 3.05) is 27.2 Å². The Morgan fingerprint density at radius 1 is 1.25 bits per heavy atom. The molecule has 0 aliphatic carbocycles. The molecule has 1 amide bonds. The molecule has 0 saturated heterocycles. The van der Waals surface area contributed by atoms with E-state index in [1.165, 1.54) is 11.1 Å². The number of likely N-dealkylation sites (N-methyl/N-ethyl adjacent to an activating group) is 1. The van der Waals surface area contributed by atoms with Gasteiger partial charge in [-0.2, -0.15) is 0 Å². The van der Waals surface area contributed by atoms with Crippen LogP contribution in [0.4, 0.5) is 0 Å². The van der Waals surface area contributed by atoms with Gasteiger partial charge in [0.1, 0.15) is 5.75 Å². The molecule has 2 rings (SSSR count). The summed E-state index contributed by atoms with van der Waals surface area (Å²) in [6.07, 6.45) is 5.04. The number of benzene rings is 1. The Balaban J connectivity index is 2.02. The normalized spacial score (nSPS) is 14.6. The van der Waals surface area contributed by atoms with Crippen molar-refractivity contribution in [1.82, 2.24) is 10.2 Å². The van der Waals surface area contributed by atoms with Crippen molar-refractivity contribution in [3.8, 4) is 5.75 Å². The lowest BCUT2D eigenvalue weighted by Crippen LogP contribution is -2.37. The zero-order valence-corrected chi connectivity index (χ0v) is 15.6. The predicted molar refractivity (Wildman–Crippen MR) is 98.4 cm³/mol. The van der Waals surface area contributed by atoms with Gasteiger partial charge in [-0.3, -0.25) is 4.79 Å². The SMILES string of the molecule is CCCC(CCC)C(=O)NCC(c1ccc2c(c1)CCO2)N(C)C.